The molecule has 126 valence electrons. The lowest BCUT2D eigenvalue weighted by molar-refractivity contribution is -0.134. The van der Waals surface area contributed by atoms with Crippen molar-refractivity contribution < 1.29 is 13.9 Å². The van der Waals surface area contributed by atoms with Gasteiger partial charge >= 0.3 is 0 Å². The Balaban J connectivity index is 1.27. The molecule has 1 amide bonds. The first-order valence-corrected chi connectivity index (χ1v) is 8.90. The van der Waals surface area contributed by atoms with Gasteiger partial charge in [0.2, 0.25) is 5.91 Å². The van der Waals surface area contributed by atoms with Crippen LogP contribution in [0.5, 0.6) is 0 Å². The number of furan rings is 1. The third-order valence-corrected chi connectivity index (χ3v) is 5.58. The highest BCUT2D eigenvalue weighted by atomic mass is 16.5. The van der Waals surface area contributed by atoms with Crippen LogP contribution in [0.3, 0.4) is 0 Å². The van der Waals surface area contributed by atoms with Gasteiger partial charge in [0.05, 0.1) is 19.0 Å². The average molecular weight is 318 g/mol. The number of ether oxygens (including phenoxy) is 1. The van der Waals surface area contributed by atoms with Gasteiger partial charge in [0, 0.05) is 44.1 Å². The minimum absolute atomic E-state index is 0.154. The molecule has 3 atom stereocenters. The largest absolute Gasteiger partial charge is 0.469 e. The maximum atomic E-state index is 12.7. The van der Waals surface area contributed by atoms with E-state index in [1.807, 2.05) is 12.1 Å². The van der Waals surface area contributed by atoms with Crippen LogP contribution in [0.1, 0.15) is 37.9 Å². The van der Waals surface area contributed by atoms with Crippen molar-refractivity contribution in [1.29, 1.82) is 0 Å². The zero-order chi connectivity index (χ0) is 15.8. The lowest BCUT2D eigenvalue weighted by Gasteiger charge is -2.41. The monoisotopic (exact) mass is 318 g/mol. The highest BCUT2D eigenvalue weighted by Gasteiger charge is 2.48. The average Bonchev–Trinajstić information content (AvgIpc) is 3.19. The molecule has 0 unspecified atom stereocenters. The minimum Gasteiger partial charge on any atom is -0.469 e. The molecule has 5 nitrogen and oxygen atoms in total. The summed E-state index contributed by atoms with van der Waals surface area (Å²) in [5.41, 5.74) is 0. The Morgan fingerprint density at radius 3 is 2.78 bits per heavy atom. The summed E-state index contributed by atoms with van der Waals surface area (Å²) in [5.74, 6) is 1.78. The molecule has 0 spiro atoms. The van der Waals surface area contributed by atoms with E-state index >= 15 is 0 Å². The summed E-state index contributed by atoms with van der Waals surface area (Å²) < 4.78 is 11.1. The summed E-state index contributed by atoms with van der Waals surface area (Å²) >= 11 is 0. The van der Waals surface area contributed by atoms with E-state index in [1.54, 1.807) is 6.26 Å². The number of hydrogen-bond donors (Lipinski definition) is 0. The third-order valence-electron chi connectivity index (χ3n) is 5.58. The van der Waals surface area contributed by atoms with E-state index < -0.39 is 0 Å². The van der Waals surface area contributed by atoms with Crippen molar-refractivity contribution in [2.45, 2.75) is 44.2 Å². The van der Waals surface area contributed by atoms with Crippen LogP contribution in [0.25, 0.3) is 0 Å². The predicted molar refractivity (Wildman–Crippen MR) is 86.1 cm³/mol. The Morgan fingerprint density at radius 1 is 1.26 bits per heavy atom. The van der Waals surface area contributed by atoms with Gasteiger partial charge in [-0.05, 0) is 38.3 Å². The fourth-order valence-electron chi connectivity index (χ4n) is 4.15. The minimum atomic E-state index is 0.154. The number of carbonyl (C=O) groups is 1. The van der Waals surface area contributed by atoms with Gasteiger partial charge in [-0.3, -0.25) is 9.69 Å². The van der Waals surface area contributed by atoms with Gasteiger partial charge in [-0.2, -0.15) is 0 Å². The van der Waals surface area contributed by atoms with E-state index in [-0.39, 0.29) is 5.92 Å². The van der Waals surface area contributed by atoms with Crippen molar-refractivity contribution >= 4 is 5.91 Å². The predicted octanol–water partition coefficient (Wildman–Crippen LogP) is 2.09. The molecule has 3 fully saturated rings. The maximum Gasteiger partial charge on any atom is 0.226 e. The Bertz CT molecular complexity index is 536. The first-order chi connectivity index (χ1) is 11.2. The molecule has 2 aliphatic heterocycles. The molecule has 2 saturated heterocycles. The number of morpholine rings is 1. The molecule has 23 heavy (non-hydrogen) atoms. The van der Waals surface area contributed by atoms with E-state index in [4.69, 9.17) is 9.15 Å². The number of hydrogen-bond acceptors (Lipinski definition) is 4. The lowest BCUT2D eigenvalue weighted by atomic mass is 10.0. The Morgan fingerprint density at radius 2 is 2.09 bits per heavy atom. The summed E-state index contributed by atoms with van der Waals surface area (Å²) in [4.78, 5) is 17.3. The summed E-state index contributed by atoms with van der Waals surface area (Å²) in [5, 5.41) is 0. The molecule has 4 rings (SSSR count). The number of rotatable bonds is 3. The quantitative estimate of drug-likeness (QED) is 0.856. The van der Waals surface area contributed by atoms with E-state index in [9.17, 15) is 4.79 Å². The topological polar surface area (TPSA) is 45.9 Å². The van der Waals surface area contributed by atoms with Crippen LogP contribution in [0.2, 0.25) is 0 Å². The molecular formula is C18H26N2O3. The summed E-state index contributed by atoms with van der Waals surface area (Å²) in [7, 11) is 0. The third kappa shape index (κ3) is 3.17. The molecule has 0 N–H and O–H groups in total. The van der Waals surface area contributed by atoms with Crippen LogP contribution in [0.15, 0.2) is 22.8 Å². The number of amides is 1. The van der Waals surface area contributed by atoms with Gasteiger partial charge in [0.1, 0.15) is 5.76 Å². The van der Waals surface area contributed by atoms with Crippen LogP contribution in [-0.4, -0.2) is 60.6 Å². The van der Waals surface area contributed by atoms with E-state index in [0.29, 0.717) is 24.0 Å². The van der Waals surface area contributed by atoms with Gasteiger partial charge in [-0.1, -0.05) is 0 Å². The number of likely N-dealkylation sites (tertiary alicyclic amines) is 1. The second-order valence-corrected chi connectivity index (χ2v) is 7.20. The second kappa shape index (κ2) is 6.29. The van der Waals surface area contributed by atoms with Gasteiger partial charge in [0.15, 0.2) is 0 Å². The van der Waals surface area contributed by atoms with Crippen LogP contribution >= 0.6 is 0 Å². The molecule has 1 saturated carbocycles. The molecule has 3 heterocycles. The lowest BCUT2D eigenvalue weighted by Crippen LogP contribution is -2.52. The number of piperidine rings is 1. The molecule has 0 aromatic carbocycles. The van der Waals surface area contributed by atoms with Crippen molar-refractivity contribution in [3.05, 3.63) is 24.2 Å². The SMILES string of the molecule is C[C@@H]1CN(C2CCN(C(=O)[C@@H]3C[C@H]3c3ccco3)CC2)CCO1. The van der Waals surface area contributed by atoms with Crippen LogP contribution in [0.4, 0.5) is 0 Å². The van der Waals surface area contributed by atoms with Crippen LogP contribution in [-0.2, 0) is 9.53 Å². The summed E-state index contributed by atoms with van der Waals surface area (Å²) in [6.45, 7) is 6.85. The number of nitrogens with zero attached hydrogens (tertiary/aromatic N) is 2. The highest BCUT2D eigenvalue weighted by molar-refractivity contribution is 5.83. The molecule has 5 heteroatoms. The van der Waals surface area contributed by atoms with Crippen molar-refractivity contribution in [1.82, 2.24) is 9.80 Å². The van der Waals surface area contributed by atoms with E-state index in [2.05, 4.69) is 16.7 Å². The second-order valence-electron chi connectivity index (χ2n) is 7.20. The highest BCUT2D eigenvalue weighted by Crippen LogP contribution is 2.48. The zero-order valence-corrected chi connectivity index (χ0v) is 13.8. The van der Waals surface area contributed by atoms with Crippen molar-refractivity contribution in [3.63, 3.8) is 0 Å². The van der Waals surface area contributed by atoms with Crippen molar-refractivity contribution in [2.24, 2.45) is 5.92 Å². The maximum absolute atomic E-state index is 12.7. The summed E-state index contributed by atoms with van der Waals surface area (Å²) in [6, 6.07) is 4.51. The van der Waals surface area contributed by atoms with Gasteiger partial charge < -0.3 is 14.1 Å². The number of carbonyl (C=O) groups excluding carboxylic acids is 1. The van der Waals surface area contributed by atoms with Gasteiger partial charge in [-0.25, -0.2) is 0 Å². The first-order valence-electron chi connectivity index (χ1n) is 8.90. The molecule has 1 aromatic heterocycles. The molecule has 3 aliphatic rings. The fourth-order valence-corrected chi connectivity index (χ4v) is 4.15. The first kappa shape index (κ1) is 15.2. The van der Waals surface area contributed by atoms with E-state index in [0.717, 1.165) is 57.8 Å². The molecule has 1 aromatic rings. The fraction of sp³-hybridized carbons (Fsp3) is 0.722. The molecule has 1 aliphatic carbocycles. The smallest absolute Gasteiger partial charge is 0.226 e. The van der Waals surface area contributed by atoms with Gasteiger partial charge in [0.25, 0.3) is 0 Å². The van der Waals surface area contributed by atoms with Crippen molar-refractivity contribution in [2.75, 3.05) is 32.8 Å². The van der Waals surface area contributed by atoms with Crippen molar-refractivity contribution in [3.8, 4) is 0 Å². The Labute approximate surface area is 137 Å². The van der Waals surface area contributed by atoms with Gasteiger partial charge in [-0.15, -0.1) is 0 Å². The molecular weight excluding hydrogens is 292 g/mol. The normalized spacial score (nSPS) is 32.9. The summed E-state index contributed by atoms with van der Waals surface area (Å²) in [6.07, 6.45) is 5.17. The molecule has 0 bridgehead atoms. The Hall–Kier alpha value is -1.33. The Kier molecular flexibility index (Phi) is 4.16. The standard InChI is InChI=1S/C18H26N2O3/c1-13-12-20(8-10-22-13)14-4-6-19(7-5-14)18(21)16-11-15(16)17-3-2-9-23-17/h2-3,9,13-16H,4-8,10-12H2,1H3/t13-,15-,16-/m1/s1. The van der Waals surface area contributed by atoms with E-state index in [1.165, 1.54) is 0 Å². The van der Waals surface area contributed by atoms with Crippen LogP contribution < -0.4 is 0 Å². The molecule has 0 radical (unpaired) electrons. The van der Waals surface area contributed by atoms with Crippen LogP contribution in [0, 0.1) is 5.92 Å². The zero-order valence-electron chi connectivity index (χ0n) is 13.8.